The van der Waals surface area contributed by atoms with Gasteiger partial charge < -0.3 is 20.1 Å². The van der Waals surface area contributed by atoms with Crippen LogP contribution in [0.4, 0.5) is 0 Å². The molecule has 0 bridgehead atoms. The molecule has 1 aliphatic heterocycles. The molecule has 5 nitrogen and oxygen atoms in total. The Kier molecular flexibility index (Phi) is 3.27. The number of hydrogen-bond donors (Lipinski definition) is 3. The molecular weight excluding hydrogens is 230 g/mol. The molecule has 6 heteroatoms. The van der Waals surface area contributed by atoms with Crippen LogP contribution in [0.25, 0.3) is 0 Å². The Labute approximate surface area is 97.5 Å². The lowest BCUT2D eigenvalue weighted by molar-refractivity contribution is -0.776. The third kappa shape index (κ3) is 1.87. The first-order chi connectivity index (χ1) is 7.52. The Hall–Kier alpha value is -0.530. The molecule has 1 aromatic rings. The lowest BCUT2D eigenvalue weighted by Crippen LogP contribution is -2.59. The van der Waals surface area contributed by atoms with Gasteiger partial charge in [-0.1, -0.05) is 11.3 Å². The van der Waals surface area contributed by atoms with Gasteiger partial charge in [-0.3, -0.25) is 0 Å². The Morgan fingerprint density at radius 2 is 2.00 bits per heavy atom. The second-order valence-corrected chi connectivity index (χ2v) is 5.10. The summed E-state index contributed by atoms with van der Waals surface area (Å²) in [5.41, 5.74) is 2.85. The smallest absolute Gasteiger partial charge is 0.292 e. The molecule has 2 heterocycles. The normalized spacial score (nSPS) is 35.3. The van der Waals surface area contributed by atoms with Gasteiger partial charge in [-0.05, 0) is 6.92 Å². The van der Waals surface area contributed by atoms with Crippen LogP contribution in [-0.2, 0) is 4.74 Å². The van der Waals surface area contributed by atoms with Gasteiger partial charge >= 0.3 is 0 Å². The molecular formula is C10H16NO4S+. The third-order valence-corrected chi connectivity index (χ3v) is 3.97. The van der Waals surface area contributed by atoms with Gasteiger partial charge in [0, 0.05) is 6.92 Å². The monoisotopic (exact) mass is 246 g/mol. The molecule has 16 heavy (non-hydrogen) atoms. The summed E-state index contributed by atoms with van der Waals surface area (Å²) in [5, 5.41) is 28.8. The maximum Gasteiger partial charge on any atom is 0.292 e. The minimum absolute atomic E-state index is 0.0320. The van der Waals surface area contributed by atoms with Crippen molar-refractivity contribution >= 4 is 11.3 Å². The van der Waals surface area contributed by atoms with Gasteiger partial charge in [0.25, 0.3) is 6.23 Å². The topological polar surface area (TPSA) is 73.8 Å². The van der Waals surface area contributed by atoms with Gasteiger partial charge in [0.2, 0.25) is 5.51 Å². The molecule has 1 saturated heterocycles. The van der Waals surface area contributed by atoms with E-state index in [-0.39, 0.29) is 6.61 Å². The van der Waals surface area contributed by atoms with E-state index in [2.05, 4.69) is 0 Å². The minimum Gasteiger partial charge on any atom is -0.388 e. The summed E-state index contributed by atoms with van der Waals surface area (Å²) >= 11 is 1.56. The summed E-state index contributed by atoms with van der Waals surface area (Å²) in [6.07, 6.45) is -3.91. The highest BCUT2D eigenvalue weighted by Crippen LogP contribution is 2.22. The number of ether oxygens (including phenoxy) is 1. The van der Waals surface area contributed by atoms with E-state index >= 15 is 0 Å². The molecule has 0 unspecified atom stereocenters. The van der Waals surface area contributed by atoms with Gasteiger partial charge in [0.1, 0.15) is 12.2 Å². The predicted molar refractivity (Wildman–Crippen MR) is 57.0 cm³/mol. The van der Waals surface area contributed by atoms with Crippen LogP contribution in [0.5, 0.6) is 0 Å². The van der Waals surface area contributed by atoms with Gasteiger partial charge in [-0.15, -0.1) is 0 Å². The number of thiazole rings is 1. The Balaban J connectivity index is 2.25. The van der Waals surface area contributed by atoms with Crippen molar-refractivity contribution < 1.29 is 24.6 Å². The highest BCUT2D eigenvalue weighted by Gasteiger charge is 2.44. The van der Waals surface area contributed by atoms with E-state index in [0.29, 0.717) is 0 Å². The second-order valence-electron chi connectivity index (χ2n) is 4.04. The molecule has 1 fully saturated rings. The maximum atomic E-state index is 9.84. The first-order valence-electron chi connectivity index (χ1n) is 5.14. The molecule has 1 aliphatic rings. The predicted octanol–water partition coefficient (Wildman–Crippen LogP) is -0.736. The molecule has 0 spiro atoms. The van der Waals surface area contributed by atoms with Crippen LogP contribution in [0.15, 0.2) is 5.51 Å². The number of aliphatic hydroxyl groups excluding tert-OH is 3. The quantitative estimate of drug-likeness (QED) is 0.571. The van der Waals surface area contributed by atoms with Crippen LogP contribution in [0.3, 0.4) is 0 Å². The Morgan fingerprint density at radius 1 is 1.31 bits per heavy atom. The van der Waals surface area contributed by atoms with E-state index in [4.69, 9.17) is 4.74 Å². The van der Waals surface area contributed by atoms with Crippen LogP contribution in [0.1, 0.15) is 16.8 Å². The van der Waals surface area contributed by atoms with E-state index in [1.165, 1.54) is 0 Å². The number of aliphatic hydroxyl groups is 3. The zero-order valence-corrected chi connectivity index (χ0v) is 10.0. The van der Waals surface area contributed by atoms with Crippen LogP contribution in [-0.4, -0.2) is 40.2 Å². The van der Waals surface area contributed by atoms with Gasteiger partial charge in [0.05, 0.1) is 11.5 Å². The fourth-order valence-corrected chi connectivity index (χ4v) is 2.59. The molecule has 90 valence electrons. The zero-order chi connectivity index (χ0) is 11.9. The summed E-state index contributed by atoms with van der Waals surface area (Å²) in [4.78, 5) is 1.14. The lowest BCUT2D eigenvalue weighted by Gasteiger charge is -2.31. The van der Waals surface area contributed by atoms with Gasteiger partial charge in [-0.2, -0.15) is 4.57 Å². The van der Waals surface area contributed by atoms with Crippen molar-refractivity contribution in [3.05, 3.63) is 16.1 Å². The Morgan fingerprint density at radius 3 is 2.56 bits per heavy atom. The summed E-state index contributed by atoms with van der Waals surface area (Å²) in [6, 6.07) is 0. The fourth-order valence-electron chi connectivity index (χ4n) is 1.77. The molecule has 1 aromatic heterocycles. The highest BCUT2D eigenvalue weighted by atomic mass is 32.1. The van der Waals surface area contributed by atoms with E-state index < -0.39 is 24.5 Å². The van der Waals surface area contributed by atoms with Crippen molar-refractivity contribution in [2.75, 3.05) is 6.61 Å². The van der Waals surface area contributed by atoms with Gasteiger partial charge in [0.15, 0.2) is 11.8 Å². The van der Waals surface area contributed by atoms with Crippen LogP contribution >= 0.6 is 11.3 Å². The average molecular weight is 246 g/mol. The van der Waals surface area contributed by atoms with Crippen molar-refractivity contribution in [3.63, 3.8) is 0 Å². The third-order valence-electron chi connectivity index (χ3n) is 2.99. The summed E-state index contributed by atoms with van der Waals surface area (Å²) in [6.45, 7) is 3.94. The van der Waals surface area contributed by atoms with Crippen LogP contribution in [0, 0.1) is 13.8 Å². The standard InChI is InChI=1S/C10H16NO4S/c1-5-6(2)16-4-11(5)10-9(14)8(13)7(12)3-15-10/h4,7-10,12-14H,3H2,1-2H3/q+1/t7-,8+,9-,10-/m1/s1. The molecule has 0 aliphatic carbocycles. The summed E-state index contributed by atoms with van der Waals surface area (Å²) in [7, 11) is 0. The lowest BCUT2D eigenvalue weighted by atomic mass is 10.0. The largest absolute Gasteiger partial charge is 0.388 e. The minimum atomic E-state index is -1.16. The number of hydrogen-bond acceptors (Lipinski definition) is 5. The van der Waals surface area contributed by atoms with E-state index in [1.54, 1.807) is 15.9 Å². The number of nitrogens with zero attached hydrogens (tertiary/aromatic N) is 1. The zero-order valence-electron chi connectivity index (χ0n) is 9.20. The number of aromatic nitrogens is 1. The molecule has 4 atom stereocenters. The van der Waals surface area contributed by atoms with E-state index in [0.717, 1.165) is 10.6 Å². The van der Waals surface area contributed by atoms with E-state index in [1.807, 2.05) is 19.4 Å². The molecule has 2 rings (SSSR count). The van der Waals surface area contributed by atoms with Crippen molar-refractivity contribution in [1.82, 2.24) is 0 Å². The molecule has 3 N–H and O–H groups in total. The van der Waals surface area contributed by atoms with Gasteiger partial charge in [-0.25, -0.2) is 0 Å². The maximum absolute atomic E-state index is 9.84. The number of rotatable bonds is 1. The SMILES string of the molecule is Cc1sc[n+]([C@@H]2OC[C@@H](O)[C@H](O)[C@H]2O)c1C. The summed E-state index contributed by atoms with van der Waals surface area (Å²) < 4.78 is 7.15. The molecule has 0 saturated carbocycles. The highest BCUT2D eigenvalue weighted by molar-refractivity contribution is 7.09. The van der Waals surface area contributed by atoms with Crippen molar-refractivity contribution in [1.29, 1.82) is 0 Å². The van der Waals surface area contributed by atoms with Crippen molar-refractivity contribution in [3.8, 4) is 0 Å². The molecule has 0 amide bonds. The Bertz CT molecular complexity index is 381. The first-order valence-corrected chi connectivity index (χ1v) is 6.02. The van der Waals surface area contributed by atoms with E-state index in [9.17, 15) is 15.3 Å². The molecule has 0 aromatic carbocycles. The van der Waals surface area contributed by atoms with Crippen LogP contribution < -0.4 is 4.57 Å². The first kappa shape index (κ1) is 11.9. The van der Waals surface area contributed by atoms with Crippen LogP contribution in [0.2, 0.25) is 0 Å². The van der Waals surface area contributed by atoms with Crippen molar-refractivity contribution in [2.24, 2.45) is 0 Å². The summed E-state index contributed by atoms with van der Waals surface area (Å²) in [5.74, 6) is 0. The average Bonchev–Trinajstić information content (AvgIpc) is 2.58. The van der Waals surface area contributed by atoms with Crippen molar-refractivity contribution in [2.45, 2.75) is 38.4 Å². The second kappa shape index (κ2) is 4.38. The number of aryl methyl sites for hydroxylation is 1. The fraction of sp³-hybridized carbons (Fsp3) is 0.700. The molecule has 0 radical (unpaired) electrons.